The number of ether oxygens (including phenoxy) is 1. The fourth-order valence-corrected chi connectivity index (χ4v) is 2.29. The van der Waals surface area contributed by atoms with E-state index in [-0.39, 0.29) is 6.04 Å². The van der Waals surface area contributed by atoms with Gasteiger partial charge in [0.05, 0.1) is 19.3 Å². The monoisotopic (exact) mass is 309 g/mol. The van der Waals surface area contributed by atoms with Gasteiger partial charge in [-0.25, -0.2) is 0 Å². The molecule has 0 bridgehead atoms. The van der Waals surface area contributed by atoms with Gasteiger partial charge in [0.25, 0.3) is 0 Å². The first-order valence-electron chi connectivity index (χ1n) is 5.66. The molecule has 1 N–H and O–H groups in total. The number of hydrogen-bond acceptors (Lipinski definition) is 3. The molecule has 2 aromatic rings. The third kappa shape index (κ3) is 2.42. The Labute approximate surface area is 115 Å². The molecule has 0 saturated carbocycles. The van der Waals surface area contributed by atoms with Crippen LogP contribution in [0.3, 0.4) is 0 Å². The van der Waals surface area contributed by atoms with Crippen molar-refractivity contribution in [3.63, 3.8) is 0 Å². The molecule has 1 atom stereocenters. The Kier molecular flexibility index (Phi) is 4.04. The van der Waals surface area contributed by atoms with Crippen LogP contribution in [0, 0.1) is 0 Å². The van der Waals surface area contributed by atoms with Gasteiger partial charge in [0.2, 0.25) is 0 Å². The lowest BCUT2D eigenvalue weighted by molar-refractivity contribution is 0.402. The van der Waals surface area contributed by atoms with Gasteiger partial charge >= 0.3 is 0 Å². The van der Waals surface area contributed by atoms with Crippen LogP contribution in [0.25, 0.3) is 0 Å². The zero-order valence-electron chi connectivity index (χ0n) is 10.6. The minimum atomic E-state index is 0.0561. The van der Waals surface area contributed by atoms with Crippen molar-refractivity contribution in [2.75, 3.05) is 14.2 Å². The molecule has 0 fully saturated rings. The van der Waals surface area contributed by atoms with E-state index in [0.29, 0.717) is 0 Å². The second kappa shape index (κ2) is 5.54. The summed E-state index contributed by atoms with van der Waals surface area (Å²) >= 11 is 3.45. The van der Waals surface area contributed by atoms with Gasteiger partial charge < -0.3 is 10.1 Å². The van der Waals surface area contributed by atoms with Crippen molar-refractivity contribution in [1.29, 1.82) is 0 Å². The molecule has 1 unspecified atom stereocenters. The summed E-state index contributed by atoms with van der Waals surface area (Å²) in [6.45, 7) is 0. The van der Waals surface area contributed by atoms with Crippen LogP contribution in [0.1, 0.15) is 17.3 Å². The molecule has 4 nitrogen and oxygen atoms in total. The Hall–Kier alpha value is -1.33. The summed E-state index contributed by atoms with van der Waals surface area (Å²) in [6.07, 6.45) is 1.73. The van der Waals surface area contributed by atoms with Gasteiger partial charge in [-0.3, -0.25) is 4.68 Å². The second-order valence-corrected chi connectivity index (χ2v) is 4.91. The van der Waals surface area contributed by atoms with Gasteiger partial charge in [0.15, 0.2) is 5.75 Å². The lowest BCUT2D eigenvalue weighted by atomic mass is 10.0. The standard InChI is InChI=1S/C13H16BrN3O/c1-15-12(9-4-6-10(14)7-5-9)13-11(18-3)8-16-17(13)2/h4-8,12,15H,1-3H3. The Morgan fingerprint density at radius 2 is 2.00 bits per heavy atom. The minimum absolute atomic E-state index is 0.0561. The van der Waals surface area contributed by atoms with Crippen LogP contribution in [0.15, 0.2) is 34.9 Å². The highest BCUT2D eigenvalue weighted by Crippen LogP contribution is 2.29. The number of hydrogen-bond donors (Lipinski definition) is 1. The Morgan fingerprint density at radius 1 is 1.33 bits per heavy atom. The predicted octanol–water partition coefficient (Wildman–Crippen LogP) is 2.50. The maximum atomic E-state index is 5.36. The summed E-state index contributed by atoms with van der Waals surface area (Å²) < 4.78 is 8.26. The molecule has 1 aromatic heterocycles. The number of nitrogens with one attached hydrogen (secondary N) is 1. The zero-order valence-corrected chi connectivity index (χ0v) is 12.2. The number of aryl methyl sites for hydroxylation is 1. The molecule has 96 valence electrons. The summed E-state index contributed by atoms with van der Waals surface area (Å²) in [5, 5.41) is 7.54. The van der Waals surface area contributed by atoms with Gasteiger partial charge in [-0.1, -0.05) is 28.1 Å². The van der Waals surface area contributed by atoms with Crippen LogP contribution in [0.2, 0.25) is 0 Å². The van der Waals surface area contributed by atoms with Crippen molar-refractivity contribution in [2.24, 2.45) is 7.05 Å². The van der Waals surface area contributed by atoms with Crippen LogP contribution in [0.5, 0.6) is 5.75 Å². The summed E-state index contributed by atoms with van der Waals surface area (Å²) in [6, 6.07) is 8.28. The molecule has 2 rings (SSSR count). The molecular formula is C13H16BrN3O. The van der Waals surface area contributed by atoms with Crippen LogP contribution in [-0.2, 0) is 7.05 Å². The first kappa shape index (κ1) is 13.1. The number of nitrogens with zero attached hydrogens (tertiary/aromatic N) is 2. The van der Waals surface area contributed by atoms with E-state index in [2.05, 4.69) is 38.5 Å². The third-order valence-electron chi connectivity index (χ3n) is 2.93. The molecule has 0 spiro atoms. The zero-order chi connectivity index (χ0) is 13.1. The maximum Gasteiger partial charge on any atom is 0.161 e. The van der Waals surface area contributed by atoms with E-state index in [9.17, 15) is 0 Å². The molecule has 0 aliphatic rings. The van der Waals surface area contributed by atoms with Gasteiger partial charge in [-0.2, -0.15) is 5.10 Å². The topological polar surface area (TPSA) is 39.1 Å². The average Bonchev–Trinajstić information content (AvgIpc) is 2.74. The Bertz CT molecular complexity index is 522. The summed E-state index contributed by atoms with van der Waals surface area (Å²) in [5.41, 5.74) is 2.19. The fraction of sp³-hybridized carbons (Fsp3) is 0.308. The molecular weight excluding hydrogens is 294 g/mol. The molecule has 0 aliphatic carbocycles. The van der Waals surface area contributed by atoms with Crippen molar-refractivity contribution < 1.29 is 4.74 Å². The summed E-state index contributed by atoms with van der Waals surface area (Å²) in [5.74, 6) is 0.791. The molecule has 5 heteroatoms. The molecule has 0 aliphatic heterocycles. The van der Waals surface area contributed by atoms with Gasteiger partial charge in [-0.15, -0.1) is 0 Å². The summed E-state index contributed by atoms with van der Waals surface area (Å²) in [7, 11) is 5.51. The van der Waals surface area contributed by atoms with E-state index in [1.807, 2.05) is 30.9 Å². The van der Waals surface area contributed by atoms with E-state index in [1.165, 1.54) is 5.56 Å². The molecule has 18 heavy (non-hydrogen) atoms. The van der Waals surface area contributed by atoms with Crippen LogP contribution in [0.4, 0.5) is 0 Å². The van der Waals surface area contributed by atoms with Crippen LogP contribution >= 0.6 is 15.9 Å². The number of aromatic nitrogens is 2. The van der Waals surface area contributed by atoms with Crippen LogP contribution in [-0.4, -0.2) is 23.9 Å². The Morgan fingerprint density at radius 3 is 2.56 bits per heavy atom. The molecule has 0 amide bonds. The predicted molar refractivity (Wildman–Crippen MR) is 74.8 cm³/mol. The number of methoxy groups -OCH3 is 1. The van der Waals surface area contributed by atoms with E-state index >= 15 is 0 Å². The van der Waals surface area contributed by atoms with Crippen molar-refractivity contribution in [1.82, 2.24) is 15.1 Å². The first-order valence-corrected chi connectivity index (χ1v) is 6.45. The molecule has 0 radical (unpaired) electrons. The highest BCUT2D eigenvalue weighted by molar-refractivity contribution is 9.10. The number of rotatable bonds is 4. The van der Waals surface area contributed by atoms with E-state index in [0.717, 1.165) is 15.9 Å². The lowest BCUT2D eigenvalue weighted by Crippen LogP contribution is -2.21. The quantitative estimate of drug-likeness (QED) is 0.943. The third-order valence-corrected chi connectivity index (χ3v) is 3.46. The van der Waals surface area contributed by atoms with Crippen molar-refractivity contribution in [3.8, 4) is 5.75 Å². The highest BCUT2D eigenvalue weighted by Gasteiger charge is 2.20. The van der Waals surface area contributed by atoms with E-state index in [4.69, 9.17) is 4.74 Å². The largest absolute Gasteiger partial charge is 0.493 e. The number of halogens is 1. The fourth-order valence-electron chi connectivity index (χ4n) is 2.03. The second-order valence-electron chi connectivity index (χ2n) is 4.00. The van der Waals surface area contributed by atoms with Gasteiger partial charge in [-0.05, 0) is 24.7 Å². The normalized spacial score (nSPS) is 12.4. The van der Waals surface area contributed by atoms with E-state index < -0.39 is 0 Å². The number of benzene rings is 1. The minimum Gasteiger partial charge on any atom is -0.493 e. The van der Waals surface area contributed by atoms with Crippen molar-refractivity contribution >= 4 is 15.9 Å². The van der Waals surface area contributed by atoms with Crippen molar-refractivity contribution in [2.45, 2.75) is 6.04 Å². The van der Waals surface area contributed by atoms with Gasteiger partial charge in [0.1, 0.15) is 5.69 Å². The van der Waals surface area contributed by atoms with Crippen molar-refractivity contribution in [3.05, 3.63) is 46.2 Å². The lowest BCUT2D eigenvalue weighted by Gasteiger charge is -2.18. The highest BCUT2D eigenvalue weighted by atomic mass is 79.9. The van der Waals surface area contributed by atoms with Crippen LogP contribution < -0.4 is 10.1 Å². The molecule has 1 heterocycles. The summed E-state index contributed by atoms with van der Waals surface area (Å²) in [4.78, 5) is 0. The maximum absolute atomic E-state index is 5.36. The van der Waals surface area contributed by atoms with E-state index in [1.54, 1.807) is 13.3 Å². The molecule has 1 aromatic carbocycles. The SMILES string of the molecule is CNC(c1ccc(Br)cc1)c1c(OC)cnn1C. The molecule has 0 saturated heterocycles. The van der Waals surface area contributed by atoms with Gasteiger partial charge in [0, 0.05) is 11.5 Å². The smallest absolute Gasteiger partial charge is 0.161 e. The first-order chi connectivity index (χ1) is 8.67. The Balaban J connectivity index is 2.44. The average molecular weight is 310 g/mol.